The first-order chi connectivity index (χ1) is 7.59. The van der Waals surface area contributed by atoms with Gasteiger partial charge in [-0.05, 0) is 37.5 Å². The van der Waals surface area contributed by atoms with Crippen molar-refractivity contribution < 1.29 is 18.3 Å². The Hall–Kier alpha value is -1.29. The Morgan fingerprint density at radius 2 is 2.06 bits per heavy atom. The number of benzene rings is 1. The number of ketones is 1. The van der Waals surface area contributed by atoms with Gasteiger partial charge in [-0.3, -0.25) is 4.79 Å². The summed E-state index contributed by atoms with van der Waals surface area (Å²) < 4.78 is 31.5. The minimum absolute atomic E-state index is 0.221. The highest BCUT2D eigenvalue weighted by Crippen LogP contribution is 2.38. The number of halogens is 2. The number of carbonyl (C=O) groups is 1. The van der Waals surface area contributed by atoms with Gasteiger partial charge in [0.05, 0.1) is 5.56 Å². The molecule has 0 bridgehead atoms. The fourth-order valence-corrected chi connectivity index (χ4v) is 1.94. The zero-order valence-corrected chi connectivity index (χ0v) is 8.93. The summed E-state index contributed by atoms with van der Waals surface area (Å²) in [5.74, 6) is -1.77. The third-order valence-corrected chi connectivity index (χ3v) is 3.14. The Kier molecular flexibility index (Phi) is 2.76. The topological polar surface area (TPSA) is 26.3 Å². The summed E-state index contributed by atoms with van der Waals surface area (Å²) in [4.78, 5) is 12.0. The van der Waals surface area contributed by atoms with Crippen molar-refractivity contribution in [3.05, 3.63) is 35.4 Å². The van der Waals surface area contributed by atoms with E-state index in [1.54, 1.807) is 0 Å². The zero-order chi connectivity index (χ0) is 11.8. The molecule has 0 aliphatic heterocycles. The molecule has 2 nitrogen and oxygen atoms in total. The van der Waals surface area contributed by atoms with Gasteiger partial charge in [0, 0.05) is 7.11 Å². The molecule has 0 amide bonds. The van der Waals surface area contributed by atoms with E-state index in [2.05, 4.69) is 0 Å². The molecule has 1 fully saturated rings. The summed E-state index contributed by atoms with van der Waals surface area (Å²) in [6.45, 7) is 0. The average Bonchev–Trinajstić information content (AvgIpc) is 2.21. The van der Waals surface area contributed by atoms with Gasteiger partial charge in [-0.25, -0.2) is 8.78 Å². The lowest BCUT2D eigenvalue weighted by molar-refractivity contribution is -0.0450. The maximum Gasteiger partial charge on any atom is 0.197 e. The molecule has 1 saturated carbocycles. The number of hydrogen-bond donors (Lipinski definition) is 0. The van der Waals surface area contributed by atoms with Crippen molar-refractivity contribution in [2.75, 3.05) is 7.11 Å². The van der Waals surface area contributed by atoms with Crippen LogP contribution in [0.25, 0.3) is 0 Å². The van der Waals surface area contributed by atoms with Gasteiger partial charge in [0.15, 0.2) is 5.78 Å². The fourth-order valence-electron chi connectivity index (χ4n) is 1.94. The van der Waals surface area contributed by atoms with E-state index in [1.165, 1.54) is 7.11 Å². The van der Waals surface area contributed by atoms with E-state index in [0.717, 1.165) is 24.6 Å². The molecule has 0 unspecified atom stereocenters. The van der Waals surface area contributed by atoms with Crippen molar-refractivity contribution in [3.8, 4) is 0 Å². The summed E-state index contributed by atoms with van der Waals surface area (Å²) in [5, 5.41) is 0. The van der Waals surface area contributed by atoms with Crippen molar-refractivity contribution in [2.24, 2.45) is 0 Å². The van der Waals surface area contributed by atoms with Crippen LogP contribution in [0.15, 0.2) is 18.2 Å². The van der Waals surface area contributed by atoms with Crippen molar-refractivity contribution in [2.45, 2.75) is 24.9 Å². The smallest absolute Gasteiger partial charge is 0.197 e. The maximum atomic E-state index is 13.4. The third kappa shape index (κ3) is 1.63. The van der Waals surface area contributed by atoms with Gasteiger partial charge in [-0.1, -0.05) is 0 Å². The summed E-state index contributed by atoms with van der Waals surface area (Å²) in [6.07, 6.45) is 2.01. The van der Waals surface area contributed by atoms with Crippen LogP contribution in [-0.2, 0) is 4.74 Å². The van der Waals surface area contributed by atoms with Crippen molar-refractivity contribution in [1.82, 2.24) is 0 Å². The molecule has 1 aliphatic carbocycles. The highest BCUT2D eigenvalue weighted by atomic mass is 19.1. The molecule has 0 N–H and O–H groups in total. The number of methoxy groups -OCH3 is 1. The summed E-state index contributed by atoms with van der Waals surface area (Å²) >= 11 is 0. The normalized spacial score (nSPS) is 17.9. The van der Waals surface area contributed by atoms with Crippen molar-refractivity contribution in [1.29, 1.82) is 0 Å². The van der Waals surface area contributed by atoms with Gasteiger partial charge in [-0.2, -0.15) is 0 Å². The van der Waals surface area contributed by atoms with Crippen LogP contribution in [0.3, 0.4) is 0 Å². The second-order valence-electron chi connectivity index (χ2n) is 4.01. The molecule has 0 heterocycles. The van der Waals surface area contributed by atoms with E-state index in [9.17, 15) is 13.6 Å². The average molecular weight is 226 g/mol. The van der Waals surface area contributed by atoms with Gasteiger partial charge in [0.1, 0.15) is 17.2 Å². The molecule has 16 heavy (non-hydrogen) atoms. The third-order valence-electron chi connectivity index (χ3n) is 3.14. The molecule has 0 spiro atoms. The van der Waals surface area contributed by atoms with Crippen molar-refractivity contribution in [3.63, 3.8) is 0 Å². The van der Waals surface area contributed by atoms with E-state index < -0.39 is 23.0 Å². The molecule has 2 rings (SSSR count). The lowest BCUT2D eigenvalue weighted by atomic mass is 9.74. The molecule has 1 aliphatic rings. The second kappa shape index (κ2) is 3.94. The van der Waals surface area contributed by atoms with E-state index in [1.807, 2.05) is 0 Å². The van der Waals surface area contributed by atoms with Crippen LogP contribution < -0.4 is 0 Å². The van der Waals surface area contributed by atoms with Crippen LogP contribution in [0.1, 0.15) is 29.6 Å². The molecule has 4 heteroatoms. The molecule has 0 saturated heterocycles. The molecule has 86 valence electrons. The predicted octanol–water partition coefficient (Wildman–Crippen LogP) is 2.72. The number of rotatable bonds is 3. The SMILES string of the molecule is COC1(C(=O)c2cc(F)ccc2F)CCC1. The van der Waals surface area contributed by atoms with Crippen LogP contribution in [0.2, 0.25) is 0 Å². The standard InChI is InChI=1S/C12H12F2O2/c1-16-12(5-2-6-12)11(15)9-7-8(13)3-4-10(9)14/h3-4,7H,2,5-6H2,1H3. The first kappa shape index (κ1) is 11.2. The van der Waals surface area contributed by atoms with E-state index >= 15 is 0 Å². The number of ether oxygens (including phenoxy) is 1. The Bertz CT molecular complexity index is 420. The number of carbonyl (C=O) groups excluding carboxylic acids is 1. The monoisotopic (exact) mass is 226 g/mol. The Balaban J connectivity index is 2.37. The second-order valence-corrected chi connectivity index (χ2v) is 4.01. The van der Waals surface area contributed by atoms with Gasteiger partial charge in [0.25, 0.3) is 0 Å². The maximum absolute atomic E-state index is 13.4. The van der Waals surface area contributed by atoms with E-state index in [4.69, 9.17) is 4.74 Å². The number of Topliss-reactive ketones (excluding diaryl/α,β-unsaturated/α-hetero) is 1. The van der Waals surface area contributed by atoms with Gasteiger partial charge >= 0.3 is 0 Å². The summed E-state index contributed by atoms with van der Waals surface area (Å²) in [6, 6.07) is 2.88. The summed E-state index contributed by atoms with van der Waals surface area (Å²) in [5.41, 5.74) is -1.16. The highest BCUT2D eigenvalue weighted by molar-refractivity contribution is 6.03. The highest BCUT2D eigenvalue weighted by Gasteiger charge is 2.45. The van der Waals surface area contributed by atoms with E-state index in [-0.39, 0.29) is 5.56 Å². The molecule has 0 atom stereocenters. The van der Waals surface area contributed by atoms with Crippen LogP contribution in [0.4, 0.5) is 8.78 Å². The predicted molar refractivity (Wildman–Crippen MR) is 54.3 cm³/mol. The van der Waals surface area contributed by atoms with Gasteiger partial charge in [0.2, 0.25) is 0 Å². The first-order valence-electron chi connectivity index (χ1n) is 5.14. The molecule has 0 radical (unpaired) electrons. The molecular formula is C12H12F2O2. The molecule has 1 aromatic carbocycles. The summed E-state index contributed by atoms with van der Waals surface area (Å²) in [7, 11) is 1.42. The Morgan fingerprint density at radius 3 is 2.56 bits per heavy atom. The largest absolute Gasteiger partial charge is 0.370 e. The lowest BCUT2D eigenvalue weighted by Crippen LogP contribution is -2.47. The van der Waals surface area contributed by atoms with Crippen LogP contribution in [0, 0.1) is 11.6 Å². The number of hydrogen-bond acceptors (Lipinski definition) is 2. The lowest BCUT2D eigenvalue weighted by Gasteiger charge is -2.38. The Labute approximate surface area is 92.2 Å². The van der Waals surface area contributed by atoms with Crippen LogP contribution in [-0.4, -0.2) is 18.5 Å². The minimum Gasteiger partial charge on any atom is -0.370 e. The van der Waals surface area contributed by atoms with Crippen LogP contribution in [0.5, 0.6) is 0 Å². The van der Waals surface area contributed by atoms with Gasteiger partial charge in [-0.15, -0.1) is 0 Å². The molecule has 0 aromatic heterocycles. The zero-order valence-electron chi connectivity index (χ0n) is 8.93. The minimum atomic E-state index is -0.936. The Morgan fingerprint density at radius 1 is 1.38 bits per heavy atom. The quantitative estimate of drug-likeness (QED) is 0.741. The molecular weight excluding hydrogens is 214 g/mol. The molecule has 1 aromatic rings. The van der Waals surface area contributed by atoms with Crippen LogP contribution >= 0.6 is 0 Å². The fraction of sp³-hybridized carbons (Fsp3) is 0.417. The van der Waals surface area contributed by atoms with E-state index in [0.29, 0.717) is 12.8 Å². The first-order valence-corrected chi connectivity index (χ1v) is 5.14. The van der Waals surface area contributed by atoms with Crippen molar-refractivity contribution >= 4 is 5.78 Å². The van der Waals surface area contributed by atoms with Gasteiger partial charge < -0.3 is 4.74 Å².